The number of amides is 1. The summed E-state index contributed by atoms with van der Waals surface area (Å²) in [5.74, 6) is -0.738. The number of anilines is 1. The van der Waals surface area contributed by atoms with Gasteiger partial charge in [-0.2, -0.15) is 0 Å². The lowest BCUT2D eigenvalue weighted by atomic mass is 10.2. The van der Waals surface area contributed by atoms with Gasteiger partial charge in [-0.25, -0.2) is 4.79 Å². The summed E-state index contributed by atoms with van der Waals surface area (Å²) in [5, 5.41) is 5.64. The topological polar surface area (TPSA) is 67.4 Å². The molecule has 0 spiro atoms. The highest BCUT2D eigenvalue weighted by atomic mass is 32.2. The number of ether oxygens (including phenoxy) is 1. The third kappa shape index (κ3) is 5.21. The van der Waals surface area contributed by atoms with Gasteiger partial charge in [-0.1, -0.05) is 0 Å². The standard InChI is InChI=1S/C13H18N2O3S/c1-9(16)15-12(13(17)18-2)8-14-10-4-6-11(19-3)7-5-10/h4-7,12,14H,8H2,1-3H3,(H,15,16). The third-order valence-corrected chi connectivity index (χ3v) is 3.21. The van der Waals surface area contributed by atoms with Crippen LogP contribution in [0.1, 0.15) is 6.92 Å². The number of benzene rings is 1. The van der Waals surface area contributed by atoms with Crippen LogP contribution >= 0.6 is 11.8 Å². The molecule has 19 heavy (non-hydrogen) atoms. The lowest BCUT2D eigenvalue weighted by Crippen LogP contribution is -2.45. The van der Waals surface area contributed by atoms with Crippen molar-refractivity contribution >= 4 is 29.3 Å². The molecule has 1 aromatic carbocycles. The first-order chi connectivity index (χ1) is 9.06. The molecule has 104 valence electrons. The molecule has 0 aliphatic carbocycles. The molecule has 0 bridgehead atoms. The average molecular weight is 282 g/mol. The molecule has 2 N–H and O–H groups in total. The molecule has 1 amide bonds. The third-order valence-electron chi connectivity index (χ3n) is 2.46. The lowest BCUT2D eigenvalue weighted by molar-refractivity contribution is -0.144. The number of carbonyl (C=O) groups excluding carboxylic acids is 2. The molecule has 6 heteroatoms. The van der Waals surface area contributed by atoms with Crippen molar-refractivity contribution in [3.63, 3.8) is 0 Å². The molecule has 1 unspecified atom stereocenters. The second kappa shape index (κ2) is 7.68. The largest absolute Gasteiger partial charge is 0.467 e. The predicted octanol–water partition coefficient (Wildman–Crippen LogP) is 1.50. The summed E-state index contributed by atoms with van der Waals surface area (Å²) in [6.07, 6.45) is 2.01. The monoisotopic (exact) mass is 282 g/mol. The summed E-state index contributed by atoms with van der Waals surface area (Å²) >= 11 is 1.66. The molecule has 0 radical (unpaired) electrons. The quantitative estimate of drug-likeness (QED) is 0.611. The van der Waals surface area contributed by atoms with E-state index in [9.17, 15) is 9.59 Å². The molecule has 0 saturated heterocycles. The van der Waals surface area contributed by atoms with Gasteiger partial charge in [-0.3, -0.25) is 4.79 Å². The Morgan fingerprint density at radius 2 is 1.95 bits per heavy atom. The summed E-state index contributed by atoms with van der Waals surface area (Å²) in [4.78, 5) is 23.7. The van der Waals surface area contributed by atoms with Crippen molar-refractivity contribution in [3.05, 3.63) is 24.3 Å². The van der Waals surface area contributed by atoms with Crippen LogP contribution in [-0.4, -0.2) is 37.8 Å². The number of hydrogen-bond acceptors (Lipinski definition) is 5. The molecule has 0 fully saturated rings. The Bertz CT molecular complexity index is 434. The van der Waals surface area contributed by atoms with Crippen LogP contribution in [0.25, 0.3) is 0 Å². The summed E-state index contributed by atoms with van der Waals surface area (Å²) in [6, 6.07) is 7.13. The van der Waals surface area contributed by atoms with Gasteiger partial charge in [-0.05, 0) is 30.5 Å². The molecule has 0 heterocycles. The van der Waals surface area contributed by atoms with E-state index in [2.05, 4.69) is 15.4 Å². The van der Waals surface area contributed by atoms with Crippen LogP contribution in [0.3, 0.4) is 0 Å². The molecular formula is C13H18N2O3S. The summed E-state index contributed by atoms with van der Waals surface area (Å²) in [7, 11) is 1.30. The fourth-order valence-electron chi connectivity index (χ4n) is 1.51. The van der Waals surface area contributed by atoms with Crippen LogP contribution in [0.2, 0.25) is 0 Å². The van der Waals surface area contributed by atoms with E-state index in [1.807, 2.05) is 30.5 Å². The zero-order chi connectivity index (χ0) is 14.3. The van der Waals surface area contributed by atoms with Crippen molar-refractivity contribution in [1.29, 1.82) is 0 Å². The zero-order valence-electron chi connectivity index (χ0n) is 11.2. The normalized spacial score (nSPS) is 11.5. The maximum Gasteiger partial charge on any atom is 0.330 e. The van der Waals surface area contributed by atoms with E-state index >= 15 is 0 Å². The van der Waals surface area contributed by atoms with Gasteiger partial charge in [0, 0.05) is 24.1 Å². The molecule has 0 aliphatic rings. The summed E-state index contributed by atoms with van der Waals surface area (Å²) in [5.41, 5.74) is 0.886. The second-order valence-electron chi connectivity index (χ2n) is 3.89. The van der Waals surface area contributed by atoms with E-state index < -0.39 is 12.0 Å². The van der Waals surface area contributed by atoms with E-state index in [-0.39, 0.29) is 12.5 Å². The number of carbonyl (C=O) groups is 2. The van der Waals surface area contributed by atoms with Crippen LogP contribution in [0.15, 0.2) is 29.2 Å². The highest BCUT2D eigenvalue weighted by Gasteiger charge is 2.19. The van der Waals surface area contributed by atoms with Gasteiger partial charge < -0.3 is 15.4 Å². The molecule has 1 atom stereocenters. The number of methoxy groups -OCH3 is 1. The van der Waals surface area contributed by atoms with Crippen LogP contribution in [0.4, 0.5) is 5.69 Å². The van der Waals surface area contributed by atoms with Crippen LogP contribution < -0.4 is 10.6 Å². The minimum absolute atomic E-state index is 0.269. The van der Waals surface area contributed by atoms with E-state index in [0.29, 0.717) is 0 Å². The Morgan fingerprint density at radius 3 is 2.42 bits per heavy atom. The Labute approximate surface area is 117 Å². The zero-order valence-corrected chi connectivity index (χ0v) is 12.0. The van der Waals surface area contributed by atoms with Crippen molar-refractivity contribution < 1.29 is 14.3 Å². The van der Waals surface area contributed by atoms with E-state index in [0.717, 1.165) is 10.6 Å². The van der Waals surface area contributed by atoms with Gasteiger partial charge in [0.1, 0.15) is 6.04 Å². The van der Waals surface area contributed by atoms with Gasteiger partial charge in [0.15, 0.2) is 0 Å². The molecule has 0 saturated carbocycles. The number of hydrogen-bond donors (Lipinski definition) is 2. The van der Waals surface area contributed by atoms with Gasteiger partial charge >= 0.3 is 5.97 Å². The summed E-state index contributed by atoms with van der Waals surface area (Å²) in [6.45, 7) is 1.65. The van der Waals surface area contributed by atoms with E-state index in [4.69, 9.17) is 0 Å². The number of thioether (sulfide) groups is 1. The van der Waals surface area contributed by atoms with E-state index in [1.165, 1.54) is 14.0 Å². The van der Waals surface area contributed by atoms with Crippen molar-refractivity contribution in [2.24, 2.45) is 0 Å². The SMILES string of the molecule is COC(=O)C(CNc1ccc(SC)cc1)NC(C)=O. The van der Waals surface area contributed by atoms with Crippen molar-refractivity contribution in [1.82, 2.24) is 5.32 Å². The van der Waals surface area contributed by atoms with Crippen LogP contribution in [-0.2, 0) is 14.3 Å². The highest BCUT2D eigenvalue weighted by molar-refractivity contribution is 7.98. The number of nitrogens with one attached hydrogen (secondary N) is 2. The Balaban J connectivity index is 2.59. The first-order valence-electron chi connectivity index (χ1n) is 5.79. The fraction of sp³-hybridized carbons (Fsp3) is 0.385. The maximum atomic E-state index is 11.5. The fourth-order valence-corrected chi connectivity index (χ4v) is 1.92. The van der Waals surface area contributed by atoms with Crippen LogP contribution in [0, 0.1) is 0 Å². The van der Waals surface area contributed by atoms with E-state index in [1.54, 1.807) is 11.8 Å². The van der Waals surface area contributed by atoms with Crippen molar-refractivity contribution in [2.75, 3.05) is 25.2 Å². The first kappa shape index (κ1) is 15.4. The minimum atomic E-state index is -0.692. The van der Waals surface area contributed by atoms with Gasteiger partial charge in [0.25, 0.3) is 0 Å². The molecule has 1 rings (SSSR count). The predicted molar refractivity (Wildman–Crippen MR) is 76.3 cm³/mol. The Kier molecular flexibility index (Phi) is 6.21. The summed E-state index contributed by atoms with van der Waals surface area (Å²) < 4.78 is 4.64. The van der Waals surface area contributed by atoms with Gasteiger partial charge in [0.05, 0.1) is 7.11 Å². The second-order valence-corrected chi connectivity index (χ2v) is 4.77. The number of esters is 1. The number of rotatable bonds is 6. The van der Waals surface area contributed by atoms with Gasteiger partial charge in [-0.15, -0.1) is 11.8 Å². The average Bonchev–Trinajstić information content (AvgIpc) is 2.42. The lowest BCUT2D eigenvalue weighted by Gasteiger charge is -2.16. The highest BCUT2D eigenvalue weighted by Crippen LogP contribution is 2.17. The molecule has 0 aromatic heterocycles. The smallest absolute Gasteiger partial charge is 0.330 e. The molecule has 1 aromatic rings. The van der Waals surface area contributed by atoms with Crippen molar-refractivity contribution in [3.8, 4) is 0 Å². The first-order valence-corrected chi connectivity index (χ1v) is 7.02. The Morgan fingerprint density at radius 1 is 1.32 bits per heavy atom. The van der Waals surface area contributed by atoms with Crippen LogP contribution in [0.5, 0.6) is 0 Å². The molecule has 5 nitrogen and oxygen atoms in total. The maximum absolute atomic E-state index is 11.5. The Hall–Kier alpha value is -1.69. The minimum Gasteiger partial charge on any atom is -0.467 e. The molecule has 0 aliphatic heterocycles. The molecular weight excluding hydrogens is 264 g/mol. The van der Waals surface area contributed by atoms with Gasteiger partial charge in [0.2, 0.25) is 5.91 Å². The van der Waals surface area contributed by atoms with Crippen molar-refractivity contribution in [2.45, 2.75) is 17.9 Å².